The SMILES string of the molecule is Cc1nnc2n1CC(N)CN2. The minimum absolute atomic E-state index is 0.178. The molecule has 0 saturated carbocycles. The molecule has 5 nitrogen and oxygen atoms in total. The summed E-state index contributed by atoms with van der Waals surface area (Å²) in [4.78, 5) is 0. The van der Waals surface area contributed by atoms with Crippen LogP contribution < -0.4 is 11.1 Å². The minimum atomic E-state index is 0.178. The van der Waals surface area contributed by atoms with Gasteiger partial charge in [-0.15, -0.1) is 10.2 Å². The first kappa shape index (κ1) is 6.60. The van der Waals surface area contributed by atoms with Crippen molar-refractivity contribution in [2.24, 2.45) is 5.73 Å². The molecule has 0 radical (unpaired) electrons. The first-order valence-corrected chi connectivity index (χ1v) is 3.66. The Morgan fingerprint density at radius 1 is 1.64 bits per heavy atom. The fourth-order valence-corrected chi connectivity index (χ4v) is 1.25. The summed E-state index contributed by atoms with van der Waals surface area (Å²) in [5.41, 5.74) is 5.74. The number of nitrogens with one attached hydrogen (secondary N) is 1. The second kappa shape index (κ2) is 2.20. The van der Waals surface area contributed by atoms with Crippen molar-refractivity contribution in [1.29, 1.82) is 0 Å². The fraction of sp³-hybridized carbons (Fsp3) is 0.667. The summed E-state index contributed by atoms with van der Waals surface area (Å²) < 4.78 is 1.99. The average molecular weight is 153 g/mol. The molecule has 0 bridgehead atoms. The van der Waals surface area contributed by atoms with Crippen molar-refractivity contribution in [3.05, 3.63) is 5.82 Å². The van der Waals surface area contributed by atoms with E-state index >= 15 is 0 Å². The quantitative estimate of drug-likeness (QED) is 0.519. The molecule has 2 heterocycles. The molecule has 5 heteroatoms. The Bertz CT molecular complexity index is 266. The molecule has 1 aromatic heterocycles. The first-order valence-electron chi connectivity index (χ1n) is 3.66. The third-order valence-electron chi connectivity index (χ3n) is 1.88. The van der Waals surface area contributed by atoms with Gasteiger partial charge in [0, 0.05) is 19.1 Å². The number of nitrogens with zero attached hydrogens (tertiary/aromatic N) is 3. The van der Waals surface area contributed by atoms with Gasteiger partial charge in [0.1, 0.15) is 5.82 Å². The highest BCUT2D eigenvalue weighted by Crippen LogP contribution is 2.11. The van der Waals surface area contributed by atoms with Crippen LogP contribution in [0.25, 0.3) is 0 Å². The van der Waals surface area contributed by atoms with Gasteiger partial charge in [-0.3, -0.25) is 4.57 Å². The van der Waals surface area contributed by atoms with Crippen LogP contribution in [0.4, 0.5) is 5.95 Å². The van der Waals surface area contributed by atoms with Crippen molar-refractivity contribution in [1.82, 2.24) is 14.8 Å². The van der Waals surface area contributed by atoms with Crippen LogP contribution in [0.15, 0.2) is 0 Å². The van der Waals surface area contributed by atoms with Crippen molar-refractivity contribution in [2.45, 2.75) is 19.5 Å². The third-order valence-corrected chi connectivity index (χ3v) is 1.88. The maximum Gasteiger partial charge on any atom is 0.224 e. The number of hydrogen-bond acceptors (Lipinski definition) is 4. The minimum Gasteiger partial charge on any atom is -0.353 e. The Morgan fingerprint density at radius 3 is 3.27 bits per heavy atom. The Hall–Kier alpha value is -1.10. The molecule has 1 aliphatic heterocycles. The highest BCUT2D eigenvalue weighted by atomic mass is 15.4. The van der Waals surface area contributed by atoms with Crippen LogP contribution in [0.3, 0.4) is 0 Å². The molecule has 1 aliphatic rings. The summed E-state index contributed by atoms with van der Waals surface area (Å²) >= 11 is 0. The predicted molar refractivity (Wildman–Crippen MR) is 41.2 cm³/mol. The van der Waals surface area contributed by atoms with Crippen LogP contribution in [0.5, 0.6) is 0 Å². The number of anilines is 1. The van der Waals surface area contributed by atoms with Gasteiger partial charge < -0.3 is 11.1 Å². The Kier molecular flexibility index (Phi) is 1.32. The van der Waals surface area contributed by atoms with Crippen molar-refractivity contribution in [3.63, 3.8) is 0 Å². The maximum atomic E-state index is 5.74. The summed E-state index contributed by atoms with van der Waals surface area (Å²) in [5, 5.41) is 11.0. The van der Waals surface area contributed by atoms with Crippen LogP contribution in [0, 0.1) is 6.92 Å². The number of aromatic nitrogens is 3. The standard InChI is InChI=1S/C6H11N5/c1-4-9-10-6-8-2-5(7)3-11(4)6/h5H,2-3,7H2,1H3,(H,8,10). The van der Waals surface area contributed by atoms with Gasteiger partial charge >= 0.3 is 0 Å². The van der Waals surface area contributed by atoms with E-state index in [-0.39, 0.29) is 6.04 Å². The van der Waals surface area contributed by atoms with Crippen LogP contribution in [-0.4, -0.2) is 27.4 Å². The predicted octanol–water partition coefficient (Wildman–Crippen LogP) is -0.661. The summed E-state index contributed by atoms with van der Waals surface area (Å²) in [6, 6.07) is 0.178. The molecule has 0 aliphatic carbocycles. The second-order valence-electron chi connectivity index (χ2n) is 2.82. The van der Waals surface area contributed by atoms with Gasteiger partial charge in [0.05, 0.1) is 0 Å². The van der Waals surface area contributed by atoms with Gasteiger partial charge in [0.25, 0.3) is 0 Å². The van der Waals surface area contributed by atoms with Crippen molar-refractivity contribution < 1.29 is 0 Å². The number of nitrogens with two attached hydrogens (primary N) is 1. The summed E-state index contributed by atoms with van der Waals surface area (Å²) in [6.07, 6.45) is 0. The Labute approximate surface area is 64.6 Å². The smallest absolute Gasteiger partial charge is 0.224 e. The van der Waals surface area contributed by atoms with Gasteiger partial charge in [-0.25, -0.2) is 0 Å². The zero-order valence-electron chi connectivity index (χ0n) is 6.41. The molecule has 0 fully saturated rings. The van der Waals surface area contributed by atoms with E-state index in [1.54, 1.807) is 0 Å². The molecule has 0 saturated heterocycles. The molecule has 3 N–H and O–H groups in total. The molecule has 60 valence electrons. The maximum absolute atomic E-state index is 5.74. The van der Waals surface area contributed by atoms with Gasteiger partial charge in [-0.2, -0.15) is 0 Å². The third kappa shape index (κ3) is 0.970. The molecule has 2 rings (SSSR count). The van der Waals surface area contributed by atoms with Crippen LogP contribution in [-0.2, 0) is 6.54 Å². The van der Waals surface area contributed by atoms with E-state index in [9.17, 15) is 0 Å². The molecule has 1 atom stereocenters. The number of fused-ring (bicyclic) bond motifs is 1. The summed E-state index contributed by atoms with van der Waals surface area (Å²) in [7, 11) is 0. The molecular weight excluding hydrogens is 142 g/mol. The molecule has 1 aromatic rings. The van der Waals surface area contributed by atoms with Gasteiger partial charge in [-0.05, 0) is 6.92 Å². The molecule has 1 unspecified atom stereocenters. The molecule has 0 aromatic carbocycles. The van der Waals surface area contributed by atoms with E-state index in [1.807, 2.05) is 11.5 Å². The van der Waals surface area contributed by atoms with Gasteiger partial charge in [0.2, 0.25) is 5.95 Å². The van der Waals surface area contributed by atoms with Crippen molar-refractivity contribution >= 4 is 5.95 Å². The fourth-order valence-electron chi connectivity index (χ4n) is 1.25. The van der Waals surface area contributed by atoms with E-state index in [0.29, 0.717) is 0 Å². The Balaban J connectivity index is 2.37. The van der Waals surface area contributed by atoms with Gasteiger partial charge in [-0.1, -0.05) is 0 Å². The molecule has 0 amide bonds. The monoisotopic (exact) mass is 153 g/mol. The molecule has 11 heavy (non-hydrogen) atoms. The van der Waals surface area contributed by atoms with Crippen molar-refractivity contribution in [2.75, 3.05) is 11.9 Å². The largest absolute Gasteiger partial charge is 0.353 e. The van der Waals surface area contributed by atoms with Crippen LogP contribution in [0.1, 0.15) is 5.82 Å². The van der Waals surface area contributed by atoms with Crippen molar-refractivity contribution in [3.8, 4) is 0 Å². The van der Waals surface area contributed by atoms with E-state index in [0.717, 1.165) is 24.9 Å². The lowest BCUT2D eigenvalue weighted by Gasteiger charge is -2.21. The number of aryl methyl sites for hydroxylation is 1. The van der Waals surface area contributed by atoms with Crippen LogP contribution >= 0.6 is 0 Å². The zero-order chi connectivity index (χ0) is 7.84. The molecule has 0 spiro atoms. The lowest BCUT2D eigenvalue weighted by molar-refractivity contribution is 0.533. The van der Waals surface area contributed by atoms with E-state index in [4.69, 9.17) is 5.73 Å². The summed E-state index contributed by atoms with van der Waals surface area (Å²) in [5.74, 6) is 1.76. The lowest BCUT2D eigenvalue weighted by Crippen LogP contribution is -2.38. The number of hydrogen-bond donors (Lipinski definition) is 2. The van der Waals surface area contributed by atoms with E-state index in [2.05, 4.69) is 15.5 Å². The second-order valence-corrected chi connectivity index (χ2v) is 2.82. The molecular formula is C6H11N5. The first-order chi connectivity index (χ1) is 5.27. The van der Waals surface area contributed by atoms with E-state index < -0.39 is 0 Å². The highest BCUT2D eigenvalue weighted by molar-refractivity contribution is 5.28. The van der Waals surface area contributed by atoms with Crippen LogP contribution in [0.2, 0.25) is 0 Å². The topological polar surface area (TPSA) is 68.8 Å². The zero-order valence-corrected chi connectivity index (χ0v) is 6.41. The number of rotatable bonds is 0. The van der Waals surface area contributed by atoms with Gasteiger partial charge in [0.15, 0.2) is 0 Å². The average Bonchev–Trinajstić information content (AvgIpc) is 2.33. The van der Waals surface area contributed by atoms with E-state index in [1.165, 1.54) is 0 Å². The lowest BCUT2D eigenvalue weighted by atomic mass is 10.3. The normalized spacial score (nSPS) is 22.5. The highest BCUT2D eigenvalue weighted by Gasteiger charge is 2.17. The Morgan fingerprint density at radius 2 is 2.45 bits per heavy atom. The summed E-state index contributed by atoms with van der Waals surface area (Å²) in [6.45, 7) is 3.54.